The number of halogens is 2. The molecule has 1 saturated heterocycles. The van der Waals surface area contributed by atoms with E-state index in [2.05, 4.69) is 15.0 Å². The molecule has 3 aromatic carbocycles. The fourth-order valence-corrected chi connectivity index (χ4v) is 4.87. The third-order valence-corrected chi connectivity index (χ3v) is 7.02. The SMILES string of the molecule is COc1cc2c(Oc3ccc(N(/N=C/c4ccc(F)cc4)C(N)=S)cc3F)ccnc2cc1OCCCN1CCCC1. The summed E-state index contributed by atoms with van der Waals surface area (Å²) in [5, 5.41) is 5.98. The van der Waals surface area contributed by atoms with Crippen LogP contribution in [0.2, 0.25) is 0 Å². The summed E-state index contributed by atoms with van der Waals surface area (Å²) >= 11 is 5.11. The molecule has 1 aromatic heterocycles. The van der Waals surface area contributed by atoms with Gasteiger partial charge in [-0.15, -0.1) is 0 Å². The van der Waals surface area contributed by atoms with E-state index in [4.69, 9.17) is 32.2 Å². The van der Waals surface area contributed by atoms with Crippen LogP contribution in [0.3, 0.4) is 0 Å². The van der Waals surface area contributed by atoms with E-state index in [0.717, 1.165) is 26.1 Å². The van der Waals surface area contributed by atoms with Crippen LogP contribution < -0.4 is 25.0 Å². The van der Waals surface area contributed by atoms with Crippen LogP contribution in [-0.4, -0.2) is 54.6 Å². The number of anilines is 1. The lowest BCUT2D eigenvalue weighted by Crippen LogP contribution is -2.31. The van der Waals surface area contributed by atoms with E-state index in [9.17, 15) is 4.39 Å². The number of rotatable bonds is 11. The maximum atomic E-state index is 15.3. The van der Waals surface area contributed by atoms with Crippen molar-refractivity contribution in [2.75, 3.05) is 38.4 Å². The monoisotopic (exact) mass is 591 g/mol. The van der Waals surface area contributed by atoms with Gasteiger partial charge in [0, 0.05) is 30.3 Å². The molecule has 11 heteroatoms. The summed E-state index contributed by atoms with van der Waals surface area (Å²) < 4.78 is 46.1. The Labute approximate surface area is 248 Å². The lowest BCUT2D eigenvalue weighted by Gasteiger charge is -2.18. The number of nitrogens with zero attached hydrogens (tertiary/aromatic N) is 4. The molecule has 1 fully saturated rings. The molecule has 0 radical (unpaired) electrons. The minimum atomic E-state index is -0.652. The lowest BCUT2D eigenvalue weighted by atomic mass is 10.1. The highest BCUT2D eigenvalue weighted by Crippen LogP contribution is 2.38. The van der Waals surface area contributed by atoms with Crippen LogP contribution >= 0.6 is 12.2 Å². The van der Waals surface area contributed by atoms with Crippen LogP contribution in [0.5, 0.6) is 23.0 Å². The summed E-state index contributed by atoms with van der Waals surface area (Å²) in [6.45, 7) is 3.87. The van der Waals surface area contributed by atoms with Gasteiger partial charge in [-0.25, -0.2) is 13.8 Å². The smallest absolute Gasteiger partial charge is 0.191 e. The Morgan fingerprint density at radius 1 is 1.02 bits per heavy atom. The summed E-state index contributed by atoms with van der Waals surface area (Å²) in [4.78, 5) is 6.90. The van der Waals surface area contributed by atoms with Gasteiger partial charge < -0.3 is 24.8 Å². The van der Waals surface area contributed by atoms with Gasteiger partial charge in [0.1, 0.15) is 11.6 Å². The third-order valence-electron chi connectivity index (χ3n) is 6.84. The highest BCUT2D eigenvalue weighted by molar-refractivity contribution is 7.80. The van der Waals surface area contributed by atoms with Gasteiger partial charge in [0.15, 0.2) is 28.2 Å². The van der Waals surface area contributed by atoms with Crippen LogP contribution in [0, 0.1) is 11.6 Å². The molecule has 218 valence electrons. The fraction of sp³-hybridized carbons (Fsp3) is 0.258. The number of thiocarbonyl (C=S) groups is 1. The van der Waals surface area contributed by atoms with Crippen molar-refractivity contribution in [3.8, 4) is 23.0 Å². The van der Waals surface area contributed by atoms with Gasteiger partial charge in [-0.1, -0.05) is 12.1 Å². The minimum absolute atomic E-state index is 0.0159. The number of methoxy groups -OCH3 is 1. The van der Waals surface area contributed by atoms with Crippen LogP contribution in [0.4, 0.5) is 14.5 Å². The van der Waals surface area contributed by atoms with Crippen molar-refractivity contribution in [1.82, 2.24) is 9.88 Å². The van der Waals surface area contributed by atoms with Gasteiger partial charge in [-0.05, 0) is 86.5 Å². The first-order chi connectivity index (χ1) is 20.4. The van der Waals surface area contributed by atoms with Crippen molar-refractivity contribution in [3.63, 3.8) is 0 Å². The van der Waals surface area contributed by atoms with Gasteiger partial charge in [-0.3, -0.25) is 4.98 Å². The standard InChI is InChI=1S/C31H31F2N5O3S/c1-39-29-18-24-26(19-30(29)40-16-4-15-37-13-2-3-14-37)35-12-11-27(24)41-28-10-9-23(17-25(28)33)38(31(34)42)36-20-21-5-7-22(32)8-6-21/h5-12,17-20H,2-4,13-16H2,1H3,(H2,34,42)/b36-20+. The van der Waals surface area contributed by atoms with Gasteiger partial charge in [-0.2, -0.15) is 5.10 Å². The largest absolute Gasteiger partial charge is 0.493 e. The van der Waals surface area contributed by atoms with Crippen molar-refractivity contribution in [1.29, 1.82) is 0 Å². The zero-order chi connectivity index (χ0) is 29.5. The second-order valence-corrected chi connectivity index (χ2v) is 10.2. The number of fused-ring (bicyclic) bond motifs is 1. The second kappa shape index (κ2) is 13.5. The number of hydrogen-bond acceptors (Lipinski definition) is 7. The molecule has 0 bridgehead atoms. The highest BCUT2D eigenvalue weighted by Gasteiger charge is 2.16. The number of aromatic nitrogens is 1. The molecule has 1 aliphatic heterocycles. The molecule has 0 saturated carbocycles. The first kappa shape index (κ1) is 29.2. The predicted molar refractivity (Wildman–Crippen MR) is 164 cm³/mol. The molecule has 0 amide bonds. The fourth-order valence-electron chi connectivity index (χ4n) is 4.71. The summed E-state index contributed by atoms with van der Waals surface area (Å²) in [7, 11) is 1.57. The summed E-state index contributed by atoms with van der Waals surface area (Å²) in [6.07, 6.45) is 6.47. The van der Waals surface area contributed by atoms with Crippen LogP contribution in [-0.2, 0) is 0 Å². The summed E-state index contributed by atoms with van der Waals surface area (Å²) in [6, 6.07) is 15.2. The Bertz CT molecular complexity index is 1580. The van der Waals surface area contributed by atoms with Crippen LogP contribution in [0.15, 0.2) is 72.0 Å². The molecule has 0 spiro atoms. The first-order valence-electron chi connectivity index (χ1n) is 13.6. The number of pyridine rings is 1. The zero-order valence-electron chi connectivity index (χ0n) is 23.1. The summed E-state index contributed by atoms with van der Waals surface area (Å²) in [5.74, 6) is 0.479. The molecule has 5 rings (SSSR count). The van der Waals surface area contributed by atoms with Crippen molar-refractivity contribution in [2.45, 2.75) is 19.3 Å². The Hall–Kier alpha value is -4.35. The molecule has 0 aliphatic carbocycles. The van der Waals surface area contributed by atoms with E-state index < -0.39 is 5.82 Å². The van der Waals surface area contributed by atoms with Crippen LogP contribution in [0.25, 0.3) is 10.9 Å². The molecular formula is C31H31F2N5O3S. The molecule has 1 aliphatic rings. The van der Waals surface area contributed by atoms with Gasteiger partial charge >= 0.3 is 0 Å². The maximum Gasteiger partial charge on any atom is 0.191 e. The molecule has 8 nitrogen and oxygen atoms in total. The van der Waals surface area contributed by atoms with Gasteiger partial charge in [0.2, 0.25) is 0 Å². The van der Waals surface area contributed by atoms with Crippen molar-refractivity contribution < 1.29 is 23.0 Å². The minimum Gasteiger partial charge on any atom is -0.493 e. The van der Waals surface area contributed by atoms with E-state index >= 15 is 4.39 Å². The molecule has 2 N–H and O–H groups in total. The normalized spacial score (nSPS) is 13.5. The number of hydrazone groups is 1. The Kier molecular flexibility index (Phi) is 9.40. The Morgan fingerprint density at radius 2 is 1.81 bits per heavy atom. The van der Waals surface area contributed by atoms with E-state index in [-0.39, 0.29) is 16.7 Å². The van der Waals surface area contributed by atoms with Crippen molar-refractivity contribution >= 4 is 40.1 Å². The van der Waals surface area contributed by atoms with Crippen molar-refractivity contribution in [2.24, 2.45) is 10.8 Å². The zero-order valence-corrected chi connectivity index (χ0v) is 23.9. The Morgan fingerprint density at radius 3 is 2.52 bits per heavy atom. The van der Waals surface area contributed by atoms with E-state index in [0.29, 0.717) is 46.0 Å². The molecule has 0 unspecified atom stereocenters. The quantitative estimate of drug-likeness (QED) is 0.0947. The van der Waals surface area contributed by atoms with Gasteiger partial charge in [0.25, 0.3) is 0 Å². The van der Waals surface area contributed by atoms with E-state index in [1.54, 1.807) is 49.7 Å². The number of ether oxygens (including phenoxy) is 3. The first-order valence-corrected chi connectivity index (χ1v) is 14.0. The highest BCUT2D eigenvalue weighted by atomic mass is 32.1. The van der Waals surface area contributed by atoms with E-state index in [1.165, 1.54) is 48.3 Å². The Balaban J connectivity index is 1.32. The van der Waals surface area contributed by atoms with Gasteiger partial charge in [0.05, 0.1) is 31.1 Å². The third kappa shape index (κ3) is 7.10. The average Bonchev–Trinajstić information content (AvgIpc) is 3.51. The molecule has 2 heterocycles. The summed E-state index contributed by atoms with van der Waals surface area (Å²) in [5.41, 5.74) is 7.37. The molecule has 0 atom stereocenters. The topological polar surface area (TPSA) is 85.4 Å². The number of likely N-dealkylation sites (tertiary alicyclic amines) is 1. The predicted octanol–water partition coefficient (Wildman–Crippen LogP) is 6.26. The van der Waals surface area contributed by atoms with Crippen molar-refractivity contribution in [3.05, 3.63) is 84.1 Å². The molecular weight excluding hydrogens is 560 g/mol. The second-order valence-electron chi connectivity index (χ2n) is 9.74. The number of hydrogen-bond donors (Lipinski definition) is 1. The number of benzene rings is 3. The van der Waals surface area contributed by atoms with E-state index in [1.807, 2.05) is 0 Å². The molecule has 4 aromatic rings. The lowest BCUT2D eigenvalue weighted by molar-refractivity contribution is 0.254. The number of nitrogens with two attached hydrogens (primary N) is 1. The average molecular weight is 592 g/mol. The van der Waals surface area contributed by atoms with Crippen LogP contribution in [0.1, 0.15) is 24.8 Å². The molecule has 42 heavy (non-hydrogen) atoms. The maximum absolute atomic E-state index is 15.3.